The molecule has 1 N–H and O–H groups in total. The number of rotatable bonds is 0. The molecule has 0 bridgehead atoms. The number of aliphatic hydroxyl groups is 1. The van der Waals surface area contributed by atoms with Gasteiger partial charge in [0.15, 0.2) is 0 Å². The van der Waals surface area contributed by atoms with Crippen LogP contribution in [0.1, 0.15) is 6.92 Å². The van der Waals surface area contributed by atoms with Crippen molar-refractivity contribution in [3.05, 3.63) is 0 Å². The fourth-order valence-electron chi connectivity index (χ4n) is 0. The second kappa shape index (κ2) is 18.0. The van der Waals surface area contributed by atoms with Crippen LogP contribution in [0.5, 0.6) is 0 Å². The van der Waals surface area contributed by atoms with Gasteiger partial charge in [0.2, 0.25) is 0 Å². The largest absolute Gasteiger partial charge is 0.397 e. The van der Waals surface area contributed by atoms with Gasteiger partial charge in [-0.05, 0) is 6.92 Å². The fraction of sp³-hybridized carbons (Fsp3) is 1.00. The van der Waals surface area contributed by atoms with E-state index in [0.29, 0.717) is 0 Å². The van der Waals surface area contributed by atoms with E-state index < -0.39 is 0 Å². The maximum Gasteiger partial charge on any atom is 0.0402 e. The Kier molecular flexibility index (Phi) is 58.0. The molecule has 2 radical (unpaired) electrons. The van der Waals surface area contributed by atoms with Crippen LogP contribution in [0.4, 0.5) is 0 Å². The van der Waals surface area contributed by atoms with Crippen molar-refractivity contribution in [3.8, 4) is 0 Å². The predicted octanol–water partition coefficient (Wildman–Crippen LogP) is -0.00640. The monoisotopic (exact) mass is 232 g/mol. The van der Waals surface area contributed by atoms with Crippen molar-refractivity contribution in [1.82, 2.24) is 0 Å². The first-order valence-electron chi connectivity index (χ1n) is 1.02. The van der Waals surface area contributed by atoms with Crippen molar-refractivity contribution < 1.29 is 49.9 Å². The Morgan fingerprint density at radius 3 is 1.40 bits per heavy atom. The van der Waals surface area contributed by atoms with Crippen molar-refractivity contribution in [2.75, 3.05) is 6.61 Å². The van der Waals surface area contributed by atoms with Gasteiger partial charge in [-0.15, -0.1) is 0 Å². The second-order valence-electron chi connectivity index (χ2n) is 0.316. The number of hydrogen-bond acceptors (Lipinski definition) is 1. The first kappa shape index (κ1) is 16.1. The second-order valence-corrected chi connectivity index (χ2v) is 0.316. The van der Waals surface area contributed by atoms with Gasteiger partial charge >= 0.3 is 0 Å². The summed E-state index contributed by atoms with van der Waals surface area (Å²) in [6, 6.07) is 0. The summed E-state index contributed by atoms with van der Waals surface area (Å²) in [4.78, 5) is 0. The van der Waals surface area contributed by atoms with Crippen LogP contribution in [0, 0.1) is 0 Å². The zero-order chi connectivity index (χ0) is 2.71. The Hall–Kier alpha value is 1.44. The molecule has 5 heavy (non-hydrogen) atoms. The van der Waals surface area contributed by atoms with E-state index in [-0.39, 0.29) is 51.4 Å². The maximum atomic E-state index is 7.57. The average molecular weight is 232 g/mol. The van der Waals surface area contributed by atoms with Gasteiger partial charge in [0.1, 0.15) is 0 Å². The molecule has 0 aliphatic rings. The maximum absolute atomic E-state index is 7.57. The van der Waals surface area contributed by atoms with E-state index in [0.717, 1.165) is 0 Å². The minimum atomic E-state index is 0. The molecule has 0 aliphatic heterocycles. The van der Waals surface area contributed by atoms with Crippen molar-refractivity contribution in [2.24, 2.45) is 0 Å². The zero-order valence-electron chi connectivity index (χ0n) is 3.05. The van der Waals surface area contributed by atoms with E-state index in [1.54, 1.807) is 6.92 Å². The molecule has 0 aromatic heterocycles. The van der Waals surface area contributed by atoms with Crippen LogP contribution < -0.4 is 0 Å². The normalized spacial score (nSPS) is 3.60. The van der Waals surface area contributed by atoms with Gasteiger partial charge in [-0.25, -0.2) is 0 Å². The van der Waals surface area contributed by atoms with Crippen LogP contribution in [-0.2, 0) is 44.8 Å². The van der Waals surface area contributed by atoms with Crippen LogP contribution >= 0.6 is 0 Å². The minimum Gasteiger partial charge on any atom is -0.397 e. The smallest absolute Gasteiger partial charge is 0.0402 e. The quantitative estimate of drug-likeness (QED) is 0.582. The van der Waals surface area contributed by atoms with Gasteiger partial charge in [-0.1, -0.05) is 0 Å². The third-order valence-electron chi connectivity index (χ3n) is 0. The topological polar surface area (TPSA) is 20.2 Å². The third kappa shape index (κ3) is 31.0. The Morgan fingerprint density at radius 2 is 1.40 bits per heavy atom. The zero-order valence-corrected chi connectivity index (χ0v) is 7.45. The van der Waals surface area contributed by atoms with Crippen molar-refractivity contribution >= 4 is 0 Å². The molecule has 0 amide bonds. The van der Waals surface area contributed by atoms with E-state index in [4.69, 9.17) is 5.11 Å². The molecular weight excluding hydrogens is 226 g/mol. The van der Waals surface area contributed by atoms with Crippen LogP contribution in [-0.4, -0.2) is 11.7 Å². The molecule has 0 atom stereocenters. The van der Waals surface area contributed by atoms with Gasteiger partial charge < -0.3 is 5.11 Å². The predicted molar refractivity (Wildman–Crippen MR) is 12.8 cm³/mol. The summed E-state index contributed by atoms with van der Waals surface area (Å²) in [6.07, 6.45) is 0. The summed E-state index contributed by atoms with van der Waals surface area (Å²) in [5.74, 6) is 0. The molecule has 0 unspecified atom stereocenters. The van der Waals surface area contributed by atoms with Crippen molar-refractivity contribution in [3.63, 3.8) is 0 Å². The third-order valence-corrected chi connectivity index (χ3v) is 0. The Bertz CT molecular complexity index is 7.61. The van der Waals surface area contributed by atoms with E-state index in [1.807, 2.05) is 0 Å². The summed E-state index contributed by atoms with van der Waals surface area (Å²) in [5, 5.41) is 7.57. The summed E-state index contributed by atoms with van der Waals surface area (Å²) in [5.41, 5.74) is 0. The van der Waals surface area contributed by atoms with Gasteiger partial charge in [0.05, 0.1) is 0 Å². The first-order chi connectivity index (χ1) is 1.41. The molecule has 1 nitrogen and oxygen atoms in total. The Morgan fingerprint density at radius 1 is 1.40 bits per heavy atom. The molecule has 0 saturated carbocycles. The molecule has 0 spiro atoms. The molecule has 30 valence electrons. The van der Waals surface area contributed by atoms with E-state index >= 15 is 0 Å². The molecule has 0 fully saturated rings. The summed E-state index contributed by atoms with van der Waals surface area (Å²) >= 11 is 0. The Balaban J connectivity index is -0.0000000200. The molecular formula is C2H6Nb2O. The van der Waals surface area contributed by atoms with Crippen molar-refractivity contribution in [2.45, 2.75) is 6.92 Å². The summed E-state index contributed by atoms with van der Waals surface area (Å²) in [7, 11) is 0. The Labute approximate surface area is 63.2 Å². The van der Waals surface area contributed by atoms with E-state index in [9.17, 15) is 0 Å². The SMILES string of the molecule is CCO.[Nb].[Nb]. The van der Waals surface area contributed by atoms with Gasteiger partial charge in [0, 0.05) is 51.4 Å². The fourth-order valence-corrected chi connectivity index (χ4v) is 0. The number of aliphatic hydroxyl groups excluding tert-OH is 1. The first-order valence-corrected chi connectivity index (χ1v) is 1.02. The van der Waals surface area contributed by atoms with Crippen LogP contribution in [0.2, 0.25) is 0 Å². The minimum absolute atomic E-state index is 0. The molecule has 0 aromatic carbocycles. The molecule has 3 heteroatoms. The van der Waals surface area contributed by atoms with E-state index in [1.165, 1.54) is 0 Å². The summed E-state index contributed by atoms with van der Waals surface area (Å²) < 4.78 is 0. The molecule has 0 aliphatic carbocycles. The van der Waals surface area contributed by atoms with Gasteiger partial charge in [-0.2, -0.15) is 0 Å². The standard InChI is InChI=1S/C2H6O.2Nb/c1-2-3;;/h3H,2H2,1H3;;. The van der Waals surface area contributed by atoms with Crippen molar-refractivity contribution in [1.29, 1.82) is 0 Å². The van der Waals surface area contributed by atoms with Gasteiger partial charge in [-0.3, -0.25) is 0 Å². The van der Waals surface area contributed by atoms with Crippen LogP contribution in [0.25, 0.3) is 0 Å². The summed E-state index contributed by atoms with van der Waals surface area (Å²) in [6.45, 7) is 1.93. The molecule has 0 heterocycles. The molecule has 0 aromatic rings. The van der Waals surface area contributed by atoms with Crippen LogP contribution in [0.15, 0.2) is 0 Å². The van der Waals surface area contributed by atoms with E-state index in [2.05, 4.69) is 0 Å². The molecule has 0 rings (SSSR count). The van der Waals surface area contributed by atoms with Crippen LogP contribution in [0.3, 0.4) is 0 Å². The van der Waals surface area contributed by atoms with Gasteiger partial charge in [0.25, 0.3) is 0 Å². The number of hydrogen-bond donors (Lipinski definition) is 1. The molecule has 0 saturated heterocycles. The average Bonchev–Trinajstić information content (AvgIpc) is 0.918.